The quantitative estimate of drug-likeness (QED) is 0.828. The number of piperidine rings is 1. The fraction of sp³-hybridized carbons (Fsp3) is 0.500. The van der Waals surface area contributed by atoms with Crippen molar-refractivity contribution in [1.82, 2.24) is 10.1 Å². The lowest BCUT2D eigenvalue weighted by Crippen LogP contribution is -2.54. The molecule has 0 unspecified atom stereocenters. The molecule has 1 N–H and O–H groups in total. The Labute approximate surface area is 156 Å². The second-order valence-corrected chi connectivity index (χ2v) is 7.44. The number of nitrogens with zero attached hydrogens (tertiary/aromatic N) is 2. The molecule has 7 heteroatoms. The summed E-state index contributed by atoms with van der Waals surface area (Å²) in [5.74, 6) is -0.221. The molecule has 6 nitrogen and oxygen atoms in total. The first kappa shape index (κ1) is 18.4. The van der Waals surface area contributed by atoms with Crippen molar-refractivity contribution in [2.75, 3.05) is 27.3 Å². The molecule has 0 radical (unpaired) electrons. The molecular formula is C18H23BrN2O4. The van der Waals surface area contributed by atoms with Gasteiger partial charge < -0.3 is 9.94 Å². The molecule has 2 aliphatic rings. The Hall–Kier alpha value is -1.41. The molecule has 1 fully saturated rings. The highest BCUT2D eigenvalue weighted by Gasteiger charge is 2.55. The van der Waals surface area contributed by atoms with Gasteiger partial charge in [0.05, 0.1) is 19.8 Å². The van der Waals surface area contributed by atoms with Gasteiger partial charge >= 0.3 is 0 Å². The van der Waals surface area contributed by atoms with Crippen LogP contribution in [0.2, 0.25) is 0 Å². The maximum absolute atomic E-state index is 13.1. The lowest BCUT2D eigenvalue weighted by Gasteiger charge is -2.42. The Bertz CT molecular complexity index is 716. The Kier molecular flexibility index (Phi) is 4.94. The van der Waals surface area contributed by atoms with Gasteiger partial charge in [0.25, 0.3) is 5.91 Å². The van der Waals surface area contributed by atoms with E-state index in [-0.39, 0.29) is 11.7 Å². The maximum atomic E-state index is 13.1. The van der Waals surface area contributed by atoms with Crippen molar-refractivity contribution in [3.8, 4) is 0 Å². The zero-order chi connectivity index (χ0) is 18.4. The fourth-order valence-corrected chi connectivity index (χ4v) is 4.79. The van der Waals surface area contributed by atoms with Gasteiger partial charge in [-0.3, -0.25) is 9.63 Å². The molecule has 1 amide bonds. The average Bonchev–Trinajstić information content (AvgIpc) is 2.76. The summed E-state index contributed by atoms with van der Waals surface area (Å²) in [6.45, 7) is 5.15. The molecule has 0 bridgehead atoms. The van der Waals surface area contributed by atoms with E-state index in [0.29, 0.717) is 31.5 Å². The molecule has 3 rings (SSSR count). The number of aliphatic hydroxyl groups is 1. The number of aliphatic hydroxyl groups excluding tert-OH is 1. The van der Waals surface area contributed by atoms with Crippen molar-refractivity contribution in [2.24, 2.45) is 0 Å². The van der Waals surface area contributed by atoms with Gasteiger partial charge in [-0.15, -0.1) is 0 Å². The second-order valence-electron chi connectivity index (χ2n) is 6.59. The van der Waals surface area contributed by atoms with Gasteiger partial charge in [0.1, 0.15) is 11.3 Å². The highest BCUT2D eigenvalue weighted by atomic mass is 79.9. The summed E-state index contributed by atoms with van der Waals surface area (Å²) in [5, 5.41) is 14.3. The lowest BCUT2D eigenvalue weighted by atomic mass is 9.85. The number of carbonyl (C=O) groups excluding carboxylic acids is 1. The van der Waals surface area contributed by atoms with E-state index in [4.69, 9.17) is 9.68 Å². The third-order valence-corrected chi connectivity index (χ3v) is 5.76. The molecule has 136 valence electrons. The van der Waals surface area contributed by atoms with E-state index in [1.165, 1.54) is 12.2 Å². The fourth-order valence-electron chi connectivity index (χ4n) is 3.92. The van der Waals surface area contributed by atoms with E-state index in [0.717, 1.165) is 21.2 Å². The molecule has 2 heterocycles. The number of halogens is 1. The summed E-state index contributed by atoms with van der Waals surface area (Å²) in [5.41, 5.74) is 2.22. The standard InChI is InChI=1S/C18H23BrN2O4/c1-11-9-12(2)14(13(19)10-11)15-16(22)18(21(25-4)17(15)23)5-7-20(24-3)8-6-18/h9-10,22H,5-8H2,1-4H3. The number of benzene rings is 1. The van der Waals surface area contributed by atoms with Crippen LogP contribution in [0.5, 0.6) is 0 Å². The molecule has 0 aliphatic carbocycles. The molecular weight excluding hydrogens is 388 g/mol. The van der Waals surface area contributed by atoms with E-state index >= 15 is 0 Å². The zero-order valence-corrected chi connectivity index (χ0v) is 16.5. The van der Waals surface area contributed by atoms with Crippen molar-refractivity contribution in [3.63, 3.8) is 0 Å². The van der Waals surface area contributed by atoms with E-state index in [2.05, 4.69) is 15.9 Å². The third kappa shape index (κ3) is 2.79. The summed E-state index contributed by atoms with van der Waals surface area (Å²) >= 11 is 3.55. The van der Waals surface area contributed by atoms with Gasteiger partial charge in [-0.25, -0.2) is 5.06 Å². The van der Waals surface area contributed by atoms with Crippen molar-refractivity contribution in [3.05, 3.63) is 39.1 Å². The second kappa shape index (κ2) is 6.72. The van der Waals surface area contributed by atoms with Gasteiger partial charge in [-0.2, -0.15) is 5.06 Å². The predicted octanol–water partition coefficient (Wildman–Crippen LogP) is 3.13. The topological polar surface area (TPSA) is 62.2 Å². The zero-order valence-electron chi connectivity index (χ0n) is 14.9. The largest absolute Gasteiger partial charge is 0.509 e. The van der Waals surface area contributed by atoms with Crippen molar-refractivity contribution in [2.45, 2.75) is 32.2 Å². The third-order valence-electron chi connectivity index (χ3n) is 5.14. The molecule has 0 aromatic heterocycles. The Morgan fingerprint density at radius 2 is 1.80 bits per heavy atom. The van der Waals surface area contributed by atoms with Gasteiger partial charge in [-0.1, -0.05) is 22.0 Å². The molecule has 25 heavy (non-hydrogen) atoms. The number of hydrogen-bond acceptors (Lipinski definition) is 5. The summed E-state index contributed by atoms with van der Waals surface area (Å²) in [4.78, 5) is 23.8. The van der Waals surface area contributed by atoms with Crippen LogP contribution in [0.3, 0.4) is 0 Å². The van der Waals surface area contributed by atoms with Crippen LogP contribution in [0.1, 0.15) is 29.5 Å². The molecule has 2 aliphatic heterocycles. The molecule has 1 aromatic rings. The van der Waals surface area contributed by atoms with Crippen molar-refractivity contribution >= 4 is 27.4 Å². The highest BCUT2D eigenvalue weighted by molar-refractivity contribution is 9.10. The maximum Gasteiger partial charge on any atom is 0.282 e. The summed E-state index contributed by atoms with van der Waals surface area (Å²) in [6.07, 6.45) is 1.08. The number of hydroxylamine groups is 4. The first-order valence-corrected chi connectivity index (χ1v) is 9.03. The SMILES string of the molecule is CON1CCC2(CC1)C(O)=C(c1c(C)cc(C)cc1Br)C(=O)N2OC. The number of hydrogen-bond donors (Lipinski definition) is 1. The van der Waals surface area contributed by atoms with E-state index in [1.807, 2.05) is 31.0 Å². The van der Waals surface area contributed by atoms with Crippen LogP contribution in [0.25, 0.3) is 5.57 Å². The monoisotopic (exact) mass is 410 g/mol. The minimum atomic E-state index is -0.840. The molecule has 0 atom stereocenters. The number of rotatable bonds is 3. The Morgan fingerprint density at radius 1 is 1.16 bits per heavy atom. The van der Waals surface area contributed by atoms with Gasteiger partial charge in [0, 0.05) is 23.1 Å². The van der Waals surface area contributed by atoms with Crippen LogP contribution < -0.4 is 0 Å². The molecule has 1 aromatic carbocycles. The average molecular weight is 411 g/mol. The van der Waals surface area contributed by atoms with Crippen LogP contribution in [0.15, 0.2) is 22.4 Å². The molecule has 0 saturated carbocycles. The minimum Gasteiger partial charge on any atom is -0.509 e. The van der Waals surface area contributed by atoms with E-state index in [1.54, 1.807) is 7.11 Å². The number of carbonyl (C=O) groups is 1. The Balaban J connectivity index is 2.12. The van der Waals surface area contributed by atoms with Gasteiger partial charge in [-0.05, 0) is 43.9 Å². The molecule has 1 saturated heterocycles. The minimum absolute atomic E-state index is 0.0859. The highest BCUT2D eigenvalue weighted by Crippen LogP contribution is 2.47. The predicted molar refractivity (Wildman–Crippen MR) is 97.6 cm³/mol. The summed E-state index contributed by atoms with van der Waals surface area (Å²) < 4.78 is 0.794. The number of amides is 1. The smallest absolute Gasteiger partial charge is 0.282 e. The van der Waals surface area contributed by atoms with Crippen molar-refractivity contribution in [1.29, 1.82) is 0 Å². The van der Waals surface area contributed by atoms with E-state index < -0.39 is 5.54 Å². The van der Waals surface area contributed by atoms with Gasteiger partial charge in [0.15, 0.2) is 0 Å². The molecule has 1 spiro atoms. The first-order chi connectivity index (χ1) is 11.9. The van der Waals surface area contributed by atoms with Crippen LogP contribution in [-0.2, 0) is 14.5 Å². The summed E-state index contributed by atoms with van der Waals surface area (Å²) in [6, 6.07) is 3.95. The normalized spacial score (nSPS) is 20.8. The van der Waals surface area contributed by atoms with Crippen molar-refractivity contribution < 1.29 is 19.6 Å². The van der Waals surface area contributed by atoms with Crippen LogP contribution in [0.4, 0.5) is 0 Å². The summed E-state index contributed by atoms with van der Waals surface area (Å²) in [7, 11) is 3.09. The first-order valence-electron chi connectivity index (χ1n) is 8.24. The van der Waals surface area contributed by atoms with E-state index in [9.17, 15) is 9.90 Å². The van der Waals surface area contributed by atoms with Crippen LogP contribution in [0, 0.1) is 13.8 Å². The Morgan fingerprint density at radius 3 is 2.32 bits per heavy atom. The van der Waals surface area contributed by atoms with Gasteiger partial charge in [0.2, 0.25) is 0 Å². The van der Waals surface area contributed by atoms with Crippen LogP contribution >= 0.6 is 15.9 Å². The lowest BCUT2D eigenvalue weighted by molar-refractivity contribution is -0.221. The number of aryl methyl sites for hydroxylation is 2. The van der Waals surface area contributed by atoms with Crippen LogP contribution in [-0.4, -0.2) is 54.0 Å².